The van der Waals surface area contributed by atoms with Crippen molar-refractivity contribution in [2.75, 3.05) is 0 Å². The number of rotatable bonds is 4. The Balaban J connectivity index is 1.97. The zero-order chi connectivity index (χ0) is 17.2. The summed E-state index contributed by atoms with van der Waals surface area (Å²) in [7, 11) is 1.25. The smallest absolute Gasteiger partial charge is 0.352 e. The van der Waals surface area contributed by atoms with Gasteiger partial charge in [0.1, 0.15) is 0 Å². The van der Waals surface area contributed by atoms with Crippen LogP contribution in [0.15, 0.2) is 5.16 Å². The second-order valence-electron chi connectivity index (χ2n) is 6.00. The van der Waals surface area contributed by atoms with Crippen LogP contribution in [-0.4, -0.2) is 32.0 Å². The van der Waals surface area contributed by atoms with Gasteiger partial charge >= 0.3 is 6.18 Å². The van der Waals surface area contributed by atoms with Crippen LogP contribution < -0.4 is 5.32 Å². The Labute approximate surface area is 137 Å². The summed E-state index contributed by atoms with van der Waals surface area (Å²) >= 11 is 0.982. The van der Waals surface area contributed by atoms with Crippen LogP contribution in [0.3, 0.4) is 0 Å². The number of halogens is 3. The Kier molecular flexibility index (Phi) is 5.59. The van der Waals surface area contributed by atoms with Crippen LogP contribution in [0.1, 0.15) is 45.4 Å². The van der Waals surface area contributed by atoms with Gasteiger partial charge in [-0.25, -0.2) is 0 Å². The van der Waals surface area contributed by atoms with Crippen LogP contribution >= 0.6 is 11.8 Å². The van der Waals surface area contributed by atoms with Crippen molar-refractivity contribution in [2.45, 2.75) is 62.2 Å². The van der Waals surface area contributed by atoms with Gasteiger partial charge < -0.3 is 9.88 Å². The molecule has 1 heterocycles. The van der Waals surface area contributed by atoms with Crippen molar-refractivity contribution < 1.29 is 18.0 Å². The number of nitrogens with one attached hydrogen (secondary N) is 1. The Morgan fingerprint density at radius 2 is 2.00 bits per heavy atom. The summed E-state index contributed by atoms with van der Waals surface area (Å²) in [5, 5.41) is 9.26. The quantitative estimate of drug-likeness (QED) is 0.848. The third kappa shape index (κ3) is 4.39. The molecule has 1 aliphatic rings. The minimum atomic E-state index is -4.55. The van der Waals surface area contributed by atoms with Crippen molar-refractivity contribution in [1.29, 1.82) is 0 Å². The first-order chi connectivity index (χ1) is 10.7. The van der Waals surface area contributed by atoms with Crippen molar-refractivity contribution in [3.05, 3.63) is 5.82 Å². The molecule has 3 atom stereocenters. The van der Waals surface area contributed by atoms with Crippen LogP contribution in [0.25, 0.3) is 0 Å². The molecule has 2 rings (SSSR count). The fourth-order valence-corrected chi connectivity index (χ4v) is 3.53. The highest BCUT2D eigenvalue weighted by molar-refractivity contribution is 8.00. The van der Waals surface area contributed by atoms with Gasteiger partial charge in [0.05, 0.1) is 5.25 Å². The average Bonchev–Trinajstić information content (AvgIpc) is 2.82. The second-order valence-corrected chi connectivity index (χ2v) is 7.31. The molecular weight excluding hydrogens is 329 g/mol. The maximum absolute atomic E-state index is 12.7. The van der Waals surface area contributed by atoms with Crippen LogP contribution in [-0.2, 0) is 18.0 Å². The Hall–Kier alpha value is -1.25. The number of nitrogens with zero attached hydrogens (tertiary/aromatic N) is 3. The number of aromatic nitrogens is 3. The molecule has 0 bridgehead atoms. The van der Waals surface area contributed by atoms with Crippen LogP contribution in [0.4, 0.5) is 13.2 Å². The lowest BCUT2D eigenvalue weighted by atomic mass is 9.86. The molecule has 23 heavy (non-hydrogen) atoms. The lowest BCUT2D eigenvalue weighted by Crippen LogP contribution is -2.44. The normalized spacial score (nSPS) is 23.6. The van der Waals surface area contributed by atoms with E-state index in [1.807, 2.05) is 0 Å². The highest BCUT2D eigenvalue weighted by Gasteiger charge is 2.38. The van der Waals surface area contributed by atoms with Crippen molar-refractivity contribution in [3.63, 3.8) is 0 Å². The van der Waals surface area contributed by atoms with Gasteiger partial charge in [-0.2, -0.15) is 13.2 Å². The fraction of sp³-hybridized carbons (Fsp3) is 0.786. The third-order valence-corrected chi connectivity index (χ3v) is 5.31. The van der Waals surface area contributed by atoms with Crippen molar-refractivity contribution in [3.8, 4) is 0 Å². The zero-order valence-electron chi connectivity index (χ0n) is 13.4. The number of hydrogen-bond acceptors (Lipinski definition) is 4. The first-order valence-corrected chi connectivity index (χ1v) is 8.51. The summed E-state index contributed by atoms with van der Waals surface area (Å²) in [5.41, 5.74) is 0. The predicted octanol–water partition coefficient (Wildman–Crippen LogP) is 3.01. The van der Waals surface area contributed by atoms with E-state index in [0.29, 0.717) is 5.92 Å². The monoisotopic (exact) mass is 350 g/mol. The van der Waals surface area contributed by atoms with Gasteiger partial charge in [0.25, 0.3) is 0 Å². The minimum absolute atomic E-state index is 0.0802. The summed E-state index contributed by atoms with van der Waals surface area (Å²) in [6.07, 6.45) is -0.243. The lowest BCUT2D eigenvalue weighted by molar-refractivity contribution is -0.147. The van der Waals surface area contributed by atoms with Gasteiger partial charge in [0.2, 0.25) is 11.7 Å². The highest BCUT2D eigenvalue weighted by Crippen LogP contribution is 2.31. The topological polar surface area (TPSA) is 59.8 Å². The van der Waals surface area contributed by atoms with Crippen LogP contribution in [0.5, 0.6) is 0 Å². The number of carbonyl (C=O) groups excluding carboxylic acids is 1. The number of thioether (sulfide) groups is 1. The third-order valence-electron chi connectivity index (χ3n) is 4.18. The Bertz CT molecular complexity index is 561. The SMILES string of the molecule is C[C@@H](Sc1nnc(C(F)(F)F)n1C)C(=O)N[C@@H]1CCCC[C@@H]1C. The molecular formula is C14H21F3N4OS. The zero-order valence-corrected chi connectivity index (χ0v) is 14.2. The molecule has 130 valence electrons. The van der Waals surface area contributed by atoms with Gasteiger partial charge in [-0.3, -0.25) is 4.79 Å². The largest absolute Gasteiger partial charge is 0.451 e. The summed E-state index contributed by atoms with van der Waals surface area (Å²) in [5.74, 6) is -0.810. The van der Waals surface area contributed by atoms with E-state index in [0.717, 1.165) is 35.6 Å². The minimum Gasteiger partial charge on any atom is -0.352 e. The Morgan fingerprint density at radius 1 is 1.35 bits per heavy atom. The van der Waals surface area contributed by atoms with E-state index in [4.69, 9.17) is 0 Å². The average molecular weight is 350 g/mol. The number of carbonyl (C=O) groups is 1. The van der Waals surface area contributed by atoms with Gasteiger partial charge in [-0.05, 0) is 25.7 Å². The Morgan fingerprint density at radius 3 is 2.57 bits per heavy atom. The molecule has 0 unspecified atom stereocenters. The molecule has 1 aliphatic carbocycles. The maximum Gasteiger partial charge on any atom is 0.451 e. The molecule has 1 aromatic rings. The summed E-state index contributed by atoms with van der Waals surface area (Å²) in [6.45, 7) is 3.77. The first-order valence-electron chi connectivity index (χ1n) is 7.63. The summed E-state index contributed by atoms with van der Waals surface area (Å²) in [4.78, 5) is 12.3. The molecule has 0 spiro atoms. The fourth-order valence-electron chi connectivity index (χ4n) is 2.71. The van der Waals surface area contributed by atoms with E-state index >= 15 is 0 Å². The number of hydrogen-bond donors (Lipinski definition) is 1. The van der Waals surface area contributed by atoms with Crippen molar-refractivity contribution in [2.24, 2.45) is 13.0 Å². The molecule has 0 saturated heterocycles. The first kappa shape index (κ1) is 18.1. The van der Waals surface area contributed by atoms with E-state index in [2.05, 4.69) is 22.4 Å². The van der Waals surface area contributed by atoms with Gasteiger partial charge in [0, 0.05) is 13.1 Å². The van der Waals surface area contributed by atoms with Gasteiger partial charge in [-0.1, -0.05) is 31.5 Å². The standard InChI is InChI=1S/C14H21F3N4OS/c1-8-6-4-5-7-10(8)18-11(22)9(2)23-13-20-19-12(21(13)3)14(15,16)17/h8-10H,4-7H2,1-3H3,(H,18,22)/t8-,9+,10+/m0/s1. The molecule has 5 nitrogen and oxygen atoms in total. The molecule has 9 heteroatoms. The van der Waals surface area contributed by atoms with E-state index in [1.54, 1.807) is 6.92 Å². The van der Waals surface area contributed by atoms with Crippen LogP contribution in [0.2, 0.25) is 0 Å². The van der Waals surface area contributed by atoms with Crippen molar-refractivity contribution >= 4 is 17.7 Å². The highest BCUT2D eigenvalue weighted by atomic mass is 32.2. The summed E-state index contributed by atoms with van der Waals surface area (Å²) < 4.78 is 39.0. The molecule has 1 saturated carbocycles. The number of amides is 1. The number of alkyl halides is 3. The molecule has 1 aromatic heterocycles. The maximum atomic E-state index is 12.7. The molecule has 1 fully saturated rings. The lowest BCUT2D eigenvalue weighted by Gasteiger charge is -2.30. The van der Waals surface area contributed by atoms with Crippen molar-refractivity contribution in [1.82, 2.24) is 20.1 Å². The van der Waals surface area contributed by atoms with E-state index < -0.39 is 17.3 Å². The molecule has 0 aliphatic heterocycles. The summed E-state index contributed by atoms with van der Waals surface area (Å²) in [6, 6.07) is 0.143. The van der Waals surface area contributed by atoms with Gasteiger partial charge in [0.15, 0.2) is 5.16 Å². The van der Waals surface area contributed by atoms with E-state index in [1.165, 1.54) is 13.5 Å². The van der Waals surface area contributed by atoms with Crippen LogP contribution in [0, 0.1) is 5.92 Å². The van der Waals surface area contributed by atoms with E-state index in [-0.39, 0.29) is 17.1 Å². The molecule has 1 amide bonds. The molecule has 1 N–H and O–H groups in total. The van der Waals surface area contributed by atoms with Gasteiger partial charge in [-0.15, -0.1) is 10.2 Å². The predicted molar refractivity (Wildman–Crippen MR) is 80.9 cm³/mol. The van der Waals surface area contributed by atoms with E-state index in [9.17, 15) is 18.0 Å². The molecule has 0 aromatic carbocycles. The second kappa shape index (κ2) is 7.11. The molecule has 0 radical (unpaired) electrons.